The molecule has 1 atom stereocenters. The van der Waals surface area contributed by atoms with Gasteiger partial charge in [0.05, 0.1) is 12.7 Å². The fourth-order valence-electron chi connectivity index (χ4n) is 3.03. The summed E-state index contributed by atoms with van der Waals surface area (Å²) in [7, 11) is 1.71. The zero-order chi connectivity index (χ0) is 19.3. The number of hydrogen-bond donors (Lipinski definition) is 1. The van der Waals surface area contributed by atoms with Gasteiger partial charge in [-0.15, -0.1) is 6.42 Å². The van der Waals surface area contributed by atoms with Crippen LogP contribution in [-0.4, -0.2) is 60.7 Å². The van der Waals surface area contributed by atoms with Gasteiger partial charge >= 0.3 is 0 Å². The van der Waals surface area contributed by atoms with Gasteiger partial charge in [0.15, 0.2) is 0 Å². The van der Waals surface area contributed by atoms with Gasteiger partial charge < -0.3 is 19.1 Å². The van der Waals surface area contributed by atoms with Crippen LogP contribution in [0.2, 0.25) is 0 Å². The number of methoxy groups -OCH3 is 1. The molecule has 0 spiro atoms. The number of aromatic nitrogens is 1. The summed E-state index contributed by atoms with van der Waals surface area (Å²) >= 11 is 0. The molecule has 2 rings (SSSR count). The predicted molar refractivity (Wildman–Crippen MR) is 107 cm³/mol. The van der Waals surface area contributed by atoms with Gasteiger partial charge in [-0.1, -0.05) is 36.3 Å². The highest BCUT2D eigenvalue weighted by Crippen LogP contribution is 2.11. The summed E-state index contributed by atoms with van der Waals surface area (Å²) in [4.78, 5) is 2.24. The van der Waals surface area contributed by atoms with Crippen LogP contribution in [0.15, 0.2) is 48.7 Å². The molecule has 5 nitrogen and oxygen atoms in total. The highest BCUT2D eigenvalue weighted by molar-refractivity contribution is 5.17. The number of hydrogen-bond acceptors (Lipinski definition) is 4. The Morgan fingerprint density at radius 2 is 2.04 bits per heavy atom. The molecule has 1 N–H and O–H groups in total. The number of aliphatic hydroxyl groups excluding tert-OH is 1. The van der Waals surface area contributed by atoms with Crippen molar-refractivity contribution in [1.82, 2.24) is 9.47 Å². The van der Waals surface area contributed by atoms with Crippen molar-refractivity contribution >= 4 is 0 Å². The molecule has 0 bridgehead atoms. The molecule has 0 aliphatic carbocycles. The number of aliphatic hydroxyl groups is 1. The molecule has 1 unspecified atom stereocenters. The van der Waals surface area contributed by atoms with E-state index >= 15 is 0 Å². The first kappa shape index (κ1) is 21.2. The molecule has 0 aliphatic heterocycles. The normalized spacial score (nSPS) is 12.2. The van der Waals surface area contributed by atoms with Gasteiger partial charge in [0.1, 0.15) is 6.61 Å². The second kappa shape index (κ2) is 12.3. The lowest BCUT2D eigenvalue weighted by molar-refractivity contribution is 0.0240. The van der Waals surface area contributed by atoms with E-state index in [1.807, 2.05) is 6.07 Å². The van der Waals surface area contributed by atoms with Gasteiger partial charge in [0.25, 0.3) is 0 Å². The summed E-state index contributed by atoms with van der Waals surface area (Å²) in [6.45, 7) is 4.14. The molecule has 1 aromatic heterocycles. The van der Waals surface area contributed by atoms with E-state index in [9.17, 15) is 5.11 Å². The highest BCUT2D eigenvalue weighted by Gasteiger charge is 2.14. The lowest BCUT2D eigenvalue weighted by atomic mass is 10.2. The summed E-state index contributed by atoms with van der Waals surface area (Å²) in [5.74, 6) is 2.42. The molecule has 146 valence electrons. The van der Waals surface area contributed by atoms with Gasteiger partial charge in [0.2, 0.25) is 0 Å². The van der Waals surface area contributed by atoms with Gasteiger partial charge in [-0.05, 0) is 24.1 Å². The number of benzene rings is 1. The maximum atomic E-state index is 10.3. The van der Waals surface area contributed by atoms with Crippen molar-refractivity contribution in [3.63, 3.8) is 0 Å². The Kier molecular flexibility index (Phi) is 9.67. The van der Waals surface area contributed by atoms with E-state index in [1.54, 1.807) is 7.11 Å². The lowest BCUT2D eigenvalue weighted by Crippen LogP contribution is -2.36. The first-order valence-electron chi connectivity index (χ1n) is 9.31. The smallest absolute Gasteiger partial charge is 0.107 e. The van der Waals surface area contributed by atoms with Crippen molar-refractivity contribution in [3.8, 4) is 12.3 Å². The molecular weight excluding hydrogens is 340 g/mol. The average molecular weight is 370 g/mol. The molecule has 2 aromatic rings. The zero-order valence-corrected chi connectivity index (χ0v) is 16.1. The summed E-state index contributed by atoms with van der Waals surface area (Å²) in [5.41, 5.74) is 2.48. The van der Waals surface area contributed by atoms with E-state index in [0.29, 0.717) is 13.2 Å². The lowest BCUT2D eigenvalue weighted by Gasteiger charge is -2.25. The molecule has 0 fully saturated rings. The van der Waals surface area contributed by atoms with Crippen LogP contribution in [0.5, 0.6) is 0 Å². The third-order valence-corrected chi connectivity index (χ3v) is 4.29. The third-order valence-electron chi connectivity index (χ3n) is 4.29. The largest absolute Gasteiger partial charge is 0.389 e. The first-order valence-corrected chi connectivity index (χ1v) is 9.31. The molecule has 0 aliphatic rings. The second-order valence-electron chi connectivity index (χ2n) is 6.57. The Morgan fingerprint density at radius 3 is 2.78 bits per heavy atom. The van der Waals surface area contributed by atoms with Crippen molar-refractivity contribution in [2.75, 3.05) is 40.0 Å². The van der Waals surface area contributed by atoms with E-state index in [1.165, 1.54) is 11.3 Å². The van der Waals surface area contributed by atoms with Crippen molar-refractivity contribution in [3.05, 3.63) is 59.9 Å². The number of ether oxygens (including phenoxy) is 2. The van der Waals surface area contributed by atoms with E-state index in [0.717, 1.165) is 26.1 Å². The Balaban J connectivity index is 1.97. The van der Waals surface area contributed by atoms with E-state index in [2.05, 4.69) is 58.0 Å². The van der Waals surface area contributed by atoms with E-state index < -0.39 is 6.10 Å². The Morgan fingerprint density at radius 1 is 1.22 bits per heavy atom. The van der Waals surface area contributed by atoms with Gasteiger partial charge in [-0.3, -0.25) is 4.90 Å². The molecule has 1 heterocycles. The molecule has 27 heavy (non-hydrogen) atoms. The molecule has 5 heteroatoms. The van der Waals surface area contributed by atoms with Crippen LogP contribution >= 0.6 is 0 Å². The Hall–Kier alpha value is -2.10. The zero-order valence-electron chi connectivity index (χ0n) is 16.1. The van der Waals surface area contributed by atoms with Crippen LogP contribution in [0.4, 0.5) is 0 Å². The maximum Gasteiger partial charge on any atom is 0.107 e. The number of terminal acetylenes is 1. The van der Waals surface area contributed by atoms with E-state index in [-0.39, 0.29) is 13.2 Å². The van der Waals surface area contributed by atoms with Crippen molar-refractivity contribution in [2.24, 2.45) is 0 Å². The quantitative estimate of drug-likeness (QED) is 0.434. The van der Waals surface area contributed by atoms with Crippen LogP contribution in [0.25, 0.3) is 0 Å². The SMILES string of the molecule is C#CCOCC(O)CN(CCCOC)Cc1cccn1Cc1ccccc1. The Bertz CT molecular complexity index is 678. The van der Waals surface area contributed by atoms with Crippen LogP contribution in [0, 0.1) is 12.3 Å². The van der Waals surface area contributed by atoms with Gasteiger partial charge in [-0.25, -0.2) is 0 Å². The summed E-state index contributed by atoms with van der Waals surface area (Å²) in [6, 6.07) is 14.6. The van der Waals surface area contributed by atoms with Gasteiger partial charge in [-0.2, -0.15) is 0 Å². The molecule has 0 radical (unpaired) electrons. The van der Waals surface area contributed by atoms with Crippen molar-refractivity contribution < 1.29 is 14.6 Å². The van der Waals surface area contributed by atoms with Crippen LogP contribution < -0.4 is 0 Å². The minimum Gasteiger partial charge on any atom is -0.389 e. The fraction of sp³-hybridized carbons (Fsp3) is 0.455. The summed E-state index contributed by atoms with van der Waals surface area (Å²) in [6.07, 6.45) is 7.62. The summed E-state index contributed by atoms with van der Waals surface area (Å²) in [5, 5.41) is 10.3. The van der Waals surface area contributed by atoms with Crippen molar-refractivity contribution in [1.29, 1.82) is 0 Å². The second-order valence-corrected chi connectivity index (χ2v) is 6.57. The Labute approximate surface area is 162 Å². The highest BCUT2D eigenvalue weighted by atomic mass is 16.5. The molecule has 0 saturated heterocycles. The number of rotatable bonds is 13. The minimum atomic E-state index is -0.571. The molecule has 0 saturated carbocycles. The molecule has 1 aromatic carbocycles. The third kappa shape index (κ3) is 7.98. The standard InChI is InChI=1S/C22H30N2O3/c1-3-14-27-19-22(25)18-23(12-8-15-26-2)17-21-11-7-13-24(21)16-20-9-5-4-6-10-20/h1,4-7,9-11,13,22,25H,8,12,14-19H2,2H3. The minimum absolute atomic E-state index is 0.223. The molecular formula is C22H30N2O3. The molecule has 0 amide bonds. The van der Waals surface area contributed by atoms with Crippen LogP contribution in [-0.2, 0) is 22.6 Å². The van der Waals surface area contributed by atoms with E-state index in [4.69, 9.17) is 15.9 Å². The summed E-state index contributed by atoms with van der Waals surface area (Å²) < 4.78 is 12.7. The predicted octanol–water partition coefficient (Wildman–Crippen LogP) is 2.39. The average Bonchev–Trinajstić information content (AvgIpc) is 3.09. The van der Waals surface area contributed by atoms with Crippen LogP contribution in [0.1, 0.15) is 17.7 Å². The monoisotopic (exact) mass is 370 g/mol. The topological polar surface area (TPSA) is 46.9 Å². The maximum absolute atomic E-state index is 10.3. The first-order chi connectivity index (χ1) is 13.2. The van der Waals surface area contributed by atoms with Crippen LogP contribution in [0.3, 0.4) is 0 Å². The number of nitrogens with zero attached hydrogens (tertiary/aromatic N) is 2. The fourth-order valence-corrected chi connectivity index (χ4v) is 3.03. The van der Waals surface area contributed by atoms with Crippen molar-refractivity contribution in [2.45, 2.75) is 25.6 Å². The van der Waals surface area contributed by atoms with Gasteiger partial charge in [0, 0.05) is 51.8 Å².